The van der Waals surface area contributed by atoms with Crippen LogP contribution in [0, 0.1) is 0 Å². The molecule has 2 N–H and O–H groups in total. The van der Waals surface area contributed by atoms with Gasteiger partial charge in [0.2, 0.25) is 5.91 Å². The van der Waals surface area contributed by atoms with Gasteiger partial charge < -0.3 is 15.5 Å². The van der Waals surface area contributed by atoms with Crippen LogP contribution in [0.1, 0.15) is 51.9 Å². The Morgan fingerprint density at radius 3 is 2.42 bits per heavy atom. The Morgan fingerprint density at radius 2 is 1.89 bits per heavy atom. The lowest BCUT2D eigenvalue weighted by atomic mass is 10.1. The second kappa shape index (κ2) is 8.54. The Balaban J connectivity index is 2.52. The first-order valence-electron chi connectivity index (χ1n) is 7.74. The van der Waals surface area contributed by atoms with E-state index in [2.05, 4.69) is 30.8 Å². The normalized spacial score (nSPS) is 17.9. The first kappa shape index (κ1) is 16.4. The van der Waals surface area contributed by atoms with E-state index < -0.39 is 0 Å². The van der Waals surface area contributed by atoms with Crippen LogP contribution in [-0.4, -0.2) is 55.0 Å². The van der Waals surface area contributed by atoms with Crippen molar-refractivity contribution in [2.24, 2.45) is 5.73 Å². The molecule has 4 heteroatoms. The van der Waals surface area contributed by atoms with Crippen LogP contribution >= 0.6 is 0 Å². The minimum absolute atomic E-state index is 0.0285. The number of amides is 1. The minimum atomic E-state index is 0.0285. The highest BCUT2D eigenvalue weighted by Crippen LogP contribution is 2.24. The largest absolute Gasteiger partial charge is 0.338 e. The summed E-state index contributed by atoms with van der Waals surface area (Å²) in [5, 5.41) is 0. The molecule has 0 aromatic rings. The summed E-state index contributed by atoms with van der Waals surface area (Å²) in [6.07, 6.45) is 7.37. The fraction of sp³-hybridized carbons (Fsp3) is 0.933. The molecule has 1 amide bonds. The Hall–Kier alpha value is -0.610. The molecule has 1 fully saturated rings. The van der Waals surface area contributed by atoms with E-state index >= 15 is 0 Å². The summed E-state index contributed by atoms with van der Waals surface area (Å²) in [6, 6.07) is 0.488. The van der Waals surface area contributed by atoms with Crippen molar-refractivity contribution in [3.63, 3.8) is 0 Å². The van der Waals surface area contributed by atoms with Crippen LogP contribution in [0.15, 0.2) is 0 Å². The number of rotatable bonds is 8. The smallest absolute Gasteiger partial charge is 0.224 e. The third kappa shape index (κ3) is 5.91. The molecule has 0 aromatic carbocycles. The minimum Gasteiger partial charge on any atom is -0.338 e. The summed E-state index contributed by atoms with van der Waals surface area (Å²) in [7, 11) is 4.11. The average Bonchev–Trinajstić information content (AvgIpc) is 2.82. The lowest BCUT2D eigenvalue weighted by Gasteiger charge is -2.31. The standard InChI is InChI=1S/C15H31N3O/c1-4-7-13(16)12-15(19)18(11-10-17(2)3)14-8-5-6-9-14/h13-14H,4-12,16H2,1-3H3. The second-order valence-electron chi connectivity index (χ2n) is 6.08. The zero-order valence-corrected chi connectivity index (χ0v) is 12.9. The summed E-state index contributed by atoms with van der Waals surface area (Å²) in [5.41, 5.74) is 6.02. The van der Waals surface area contributed by atoms with Gasteiger partial charge in [0.05, 0.1) is 0 Å². The molecular formula is C15H31N3O. The molecule has 0 bridgehead atoms. The fourth-order valence-electron chi connectivity index (χ4n) is 2.85. The Labute approximate surface area is 118 Å². The van der Waals surface area contributed by atoms with Gasteiger partial charge in [-0.1, -0.05) is 26.2 Å². The number of nitrogens with zero attached hydrogens (tertiary/aromatic N) is 2. The van der Waals surface area contributed by atoms with Gasteiger partial charge in [-0.3, -0.25) is 4.79 Å². The molecule has 0 saturated heterocycles. The Kier molecular flexibility index (Phi) is 7.39. The Bertz CT molecular complexity index is 262. The molecule has 0 radical (unpaired) electrons. The van der Waals surface area contributed by atoms with Gasteiger partial charge in [0, 0.05) is 31.6 Å². The van der Waals surface area contributed by atoms with E-state index in [0.717, 1.165) is 25.9 Å². The lowest BCUT2D eigenvalue weighted by molar-refractivity contribution is -0.134. The van der Waals surface area contributed by atoms with Crippen molar-refractivity contribution in [2.75, 3.05) is 27.2 Å². The summed E-state index contributed by atoms with van der Waals surface area (Å²) < 4.78 is 0. The number of likely N-dealkylation sites (N-methyl/N-ethyl adjacent to an activating group) is 1. The predicted molar refractivity (Wildman–Crippen MR) is 80.0 cm³/mol. The lowest BCUT2D eigenvalue weighted by Crippen LogP contribution is -2.44. The molecule has 1 atom stereocenters. The van der Waals surface area contributed by atoms with Crippen LogP contribution in [0.4, 0.5) is 0 Å². The molecular weight excluding hydrogens is 238 g/mol. The first-order valence-corrected chi connectivity index (χ1v) is 7.74. The van der Waals surface area contributed by atoms with Gasteiger partial charge in [0.15, 0.2) is 0 Å². The quantitative estimate of drug-likeness (QED) is 0.731. The maximum absolute atomic E-state index is 12.5. The molecule has 0 aliphatic heterocycles. The molecule has 1 saturated carbocycles. The molecule has 0 spiro atoms. The molecule has 19 heavy (non-hydrogen) atoms. The summed E-state index contributed by atoms with van der Waals surface area (Å²) in [5.74, 6) is 0.259. The van der Waals surface area contributed by atoms with Crippen LogP contribution < -0.4 is 5.73 Å². The summed E-state index contributed by atoms with van der Waals surface area (Å²) >= 11 is 0. The molecule has 0 aromatic heterocycles. The molecule has 1 aliphatic rings. The molecule has 4 nitrogen and oxygen atoms in total. The van der Waals surface area contributed by atoms with Crippen LogP contribution in [0.25, 0.3) is 0 Å². The van der Waals surface area contributed by atoms with Crippen LogP contribution in [0.5, 0.6) is 0 Å². The molecule has 1 aliphatic carbocycles. The van der Waals surface area contributed by atoms with Gasteiger partial charge in [-0.25, -0.2) is 0 Å². The van der Waals surface area contributed by atoms with Gasteiger partial charge >= 0.3 is 0 Å². The van der Waals surface area contributed by atoms with Gasteiger partial charge in [-0.2, -0.15) is 0 Å². The zero-order chi connectivity index (χ0) is 14.3. The van der Waals surface area contributed by atoms with Crippen molar-refractivity contribution in [2.45, 2.75) is 64.0 Å². The fourth-order valence-corrected chi connectivity index (χ4v) is 2.85. The van der Waals surface area contributed by atoms with E-state index in [-0.39, 0.29) is 11.9 Å². The summed E-state index contributed by atoms with van der Waals surface area (Å²) in [4.78, 5) is 16.7. The van der Waals surface area contributed by atoms with E-state index in [1.54, 1.807) is 0 Å². The number of hydrogen-bond acceptors (Lipinski definition) is 3. The number of carbonyl (C=O) groups is 1. The van der Waals surface area contributed by atoms with Crippen LogP contribution in [-0.2, 0) is 4.79 Å². The van der Waals surface area contributed by atoms with Crippen LogP contribution in [0.2, 0.25) is 0 Å². The molecule has 1 rings (SSSR count). The number of carbonyl (C=O) groups excluding carboxylic acids is 1. The van der Waals surface area contributed by atoms with Gasteiger partial charge in [0.25, 0.3) is 0 Å². The monoisotopic (exact) mass is 269 g/mol. The second-order valence-corrected chi connectivity index (χ2v) is 6.08. The highest BCUT2D eigenvalue weighted by atomic mass is 16.2. The SMILES string of the molecule is CCCC(N)CC(=O)N(CCN(C)C)C1CCCC1. The summed E-state index contributed by atoms with van der Waals surface area (Å²) in [6.45, 7) is 3.89. The zero-order valence-electron chi connectivity index (χ0n) is 12.9. The van der Waals surface area contributed by atoms with E-state index in [9.17, 15) is 4.79 Å². The number of nitrogens with two attached hydrogens (primary N) is 1. The van der Waals surface area contributed by atoms with Gasteiger partial charge in [-0.15, -0.1) is 0 Å². The maximum Gasteiger partial charge on any atom is 0.224 e. The van der Waals surface area contributed by atoms with Crippen molar-refractivity contribution in [1.29, 1.82) is 0 Å². The third-order valence-corrected chi connectivity index (χ3v) is 3.97. The Morgan fingerprint density at radius 1 is 1.26 bits per heavy atom. The topological polar surface area (TPSA) is 49.6 Å². The van der Waals surface area contributed by atoms with Gasteiger partial charge in [0.1, 0.15) is 0 Å². The molecule has 0 heterocycles. The third-order valence-electron chi connectivity index (χ3n) is 3.97. The predicted octanol–water partition coefficient (Wildman–Crippen LogP) is 1.84. The number of hydrogen-bond donors (Lipinski definition) is 1. The van der Waals surface area contributed by atoms with Gasteiger partial charge in [-0.05, 0) is 33.4 Å². The average molecular weight is 269 g/mol. The van der Waals surface area contributed by atoms with Crippen molar-refractivity contribution >= 4 is 5.91 Å². The highest BCUT2D eigenvalue weighted by molar-refractivity contribution is 5.77. The first-order chi connectivity index (χ1) is 9.04. The van der Waals surface area contributed by atoms with Crippen molar-refractivity contribution in [3.8, 4) is 0 Å². The maximum atomic E-state index is 12.5. The van der Waals surface area contributed by atoms with Crippen molar-refractivity contribution in [3.05, 3.63) is 0 Å². The van der Waals surface area contributed by atoms with E-state index in [1.165, 1.54) is 25.7 Å². The highest BCUT2D eigenvalue weighted by Gasteiger charge is 2.27. The van der Waals surface area contributed by atoms with Crippen LogP contribution in [0.3, 0.4) is 0 Å². The van der Waals surface area contributed by atoms with E-state index in [0.29, 0.717) is 12.5 Å². The van der Waals surface area contributed by atoms with Crippen molar-refractivity contribution < 1.29 is 4.79 Å². The van der Waals surface area contributed by atoms with Crippen molar-refractivity contribution in [1.82, 2.24) is 9.80 Å². The molecule has 112 valence electrons. The molecule has 1 unspecified atom stereocenters. The van der Waals surface area contributed by atoms with E-state index in [4.69, 9.17) is 5.73 Å². The van der Waals surface area contributed by atoms with E-state index in [1.807, 2.05) is 0 Å².